The van der Waals surface area contributed by atoms with Crippen molar-refractivity contribution in [2.24, 2.45) is 5.92 Å². The third kappa shape index (κ3) is 2.31. The molecule has 1 unspecified atom stereocenters. The van der Waals surface area contributed by atoms with Gasteiger partial charge < -0.3 is 14.8 Å². The Morgan fingerprint density at radius 2 is 2.40 bits per heavy atom. The van der Waals surface area contributed by atoms with Gasteiger partial charge in [-0.1, -0.05) is 0 Å². The summed E-state index contributed by atoms with van der Waals surface area (Å²) in [4.78, 5) is 6.82. The van der Waals surface area contributed by atoms with E-state index in [1.165, 1.54) is 19.5 Å². The minimum Gasteiger partial charge on any atom is -0.359 e. The van der Waals surface area contributed by atoms with Crippen LogP contribution in [0.3, 0.4) is 0 Å². The molecule has 1 atom stereocenters. The van der Waals surface area contributed by atoms with Crippen LogP contribution in [-0.2, 0) is 6.54 Å². The molecular formula is C11H20N4. The van der Waals surface area contributed by atoms with E-state index in [9.17, 15) is 0 Å². The van der Waals surface area contributed by atoms with Gasteiger partial charge in [0.1, 0.15) is 0 Å². The lowest BCUT2D eigenvalue weighted by Gasteiger charge is -2.13. The second kappa shape index (κ2) is 4.23. The van der Waals surface area contributed by atoms with Crippen LogP contribution in [0, 0.1) is 12.8 Å². The van der Waals surface area contributed by atoms with Crippen LogP contribution >= 0.6 is 0 Å². The first-order chi connectivity index (χ1) is 7.19. The van der Waals surface area contributed by atoms with Gasteiger partial charge in [-0.3, -0.25) is 0 Å². The highest BCUT2D eigenvalue weighted by Crippen LogP contribution is 2.19. The van der Waals surface area contributed by atoms with E-state index in [0.29, 0.717) is 0 Å². The molecule has 1 aromatic heterocycles. The van der Waals surface area contributed by atoms with E-state index < -0.39 is 0 Å². The second-order valence-electron chi connectivity index (χ2n) is 4.53. The lowest BCUT2D eigenvalue weighted by Crippen LogP contribution is -2.17. The SMILES string of the molecule is CNc1nc(C)cn1CC1CCN(C)C1. The highest BCUT2D eigenvalue weighted by molar-refractivity contribution is 5.27. The molecule has 1 aliphatic rings. The molecule has 0 bridgehead atoms. The number of anilines is 1. The maximum Gasteiger partial charge on any atom is 0.202 e. The highest BCUT2D eigenvalue weighted by atomic mass is 15.2. The molecule has 0 radical (unpaired) electrons. The van der Waals surface area contributed by atoms with Crippen LogP contribution in [-0.4, -0.2) is 41.6 Å². The zero-order chi connectivity index (χ0) is 10.8. The number of rotatable bonds is 3. The molecule has 1 aromatic rings. The highest BCUT2D eigenvalue weighted by Gasteiger charge is 2.20. The van der Waals surface area contributed by atoms with Crippen molar-refractivity contribution < 1.29 is 0 Å². The zero-order valence-electron chi connectivity index (χ0n) is 9.82. The van der Waals surface area contributed by atoms with E-state index in [-0.39, 0.29) is 0 Å². The summed E-state index contributed by atoms with van der Waals surface area (Å²) in [5, 5.41) is 3.14. The molecule has 2 heterocycles. The number of aromatic nitrogens is 2. The fourth-order valence-electron chi connectivity index (χ4n) is 2.34. The number of nitrogens with zero attached hydrogens (tertiary/aromatic N) is 3. The monoisotopic (exact) mass is 208 g/mol. The summed E-state index contributed by atoms with van der Waals surface area (Å²) in [5.41, 5.74) is 1.09. The molecular weight excluding hydrogens is 188 g/mol. The number of likely N-dealkylation sites (tertiary alicyclic amines) is 1. The summed E-state index contributed by atoms with van der Waals surface area (Å²) in [5.74, 6) is 1.76. The van der Waals surface area contributed by atoms with Gasteiger partial charge in [-0.2, -0.15) is 0 Å². The van der Waals surface area contributed by atoms with E-state index in [4.69, 9.17) is 0 Å². The molecule has 0 saturated carbocycles. The second-order valence-corrected chi connectivity index (χ2v) is 4.53. The third-order valence-electron chi connectivity index (χ3n) is 3.06. The Labute approximate surface area is 91.3 Å². The van der Waals surface area contributed by atoms with Gasteiger partial charge in [0.2, 0.25) is 5.95 Å². The van der Waals surface area contributed by atoms with Crippen LogP contribution in [0.15, 0.2) is 6.20 Å². The first kappa shape index (κ1) is 10.5. The van der Waals surface area contributed by atoms with Crippen molar-refractivity contribution in [1.82, 2.24) is 14.5 Å². The topological polar surface area (TPSA) is 33.1 Å². The molecule has 4 nitrogen and oxygen atoms in total. The van der Waals surface area contributed by atoms with E-state index in [2.05, 4.69) is 33.0 Å². The summed E-state index contributed by atoms with van der Waals surface area (Å²) in [6.45, 7) is 5.56. The van der Waals surface area contributed by atoms with Gasteiger partial charge >= 0.3 is 0 Å². The summed E-state index contributed by atoms with van der Waals surface area (Å²) < 4.78 is 2.24. The first-order valence-electron chi connectivity index (χ1n) is 5.59. The predicted molar refractivity (Wildman–Crippen MR) is 62.1 cm³/mol. The number of imidazole rings is 1. The number of hydrogen-bond acceptors (Lipinski definition) is 3. The summed E-state index contributed by atoms with van der Waals surface area (Å²) in [7, 11) is 4.12. The predicted octanol–water partition coefficient (Wildman–Crippen LogP) is 1.18. The molecule has 0 aromatic carbocycles. The molecule has 1 saturated heterocycles. The Morgan fingerprint density at radius 3 is 3.00 bits per heavy atom. The normalized spacial score (nSPS) is 22.2. The van der Waals surface area contributed by atoms with Crippen LogP contribution < -0.4 is 5.32 Å². The minimum atomic E-state index is 0.774. The molecule has 4 heteroatoms. The maximum absolute atomic E-state index is 4.43. The smallest absolute Gasteiger partial charge is 0.202 e. The summed E-state index contributed by atoms with van der Waals surface area (Å²) in [6.07, 6.45) is 3.43. The quantitative estimate of drug-likeness (QED) is 0.810. The Balaban J connectivity index is 2.03. The Hall–Kier alpha value is -1.03. The Bertz CT molecular complexity index is 331. The lowest BCUT2D eigenvalue weighted by molar-refractivity contribution is 0.379. The van der Waals surface area contributed by atoms with Gasteiger partial charge in [-0.05, 0) is 32.9 Å². The Kier molecular flexibility index (Phi) is 2.95. The standard InChI is InChI=1S/C11H20N4/c1-9-6-15(11(12-2)13-9)8-10-4-5-14(3)7-10/h6,10H,4-5,7-8H2,1-3H3,(H,12,13). The summed E-state index contributed by atoms with van der Waals surface area (Å²) >= 11 is 0. The van der Waals surface area contributed by atoms with Crippen LogP contribution in [0.1, 0.15) is 12.1 Å². The average Bonchev–Trinajstić information content (AvgIpc) is 2.73. The molecule has 15 heavy (non-hydrogen) atoms. The van der Waals surface area contributed by atoms with Crippen molar-refractivity contribution in [1.29, 1.82) is 0 Å². The van der Waals surface area contributed by atoms with Crippen molar-refractivity contribution in [3.8, 4) is 0 Å². The molecule has 2 rings (SSSR count). The van der Waals surface area contributed by atoms with Crippen molar-refractivity contribution >= 4 is 5.95 Å². The largest absolute Gasteiger partial charge is 0.359 e. The van der Waals surface area contributed by atoms with Gasteiger partial charge in [0, 0.05) is 26.3 Å². The van der Waals surface area contributed by atoms with E-state index in [1.807, 2.05) is 14.0 Å². The van der Waals surface area contributed by atoms with Crippen LogP contribution in [0.25, 0.3) is 0 Å². The average molecular weight is 208 g/mol. The molecule has 1 aliphatic heterocycles. The van der Waals surface area contributed by atoms with Gasteiger partial charge in [0.15, 0.2) is 0 Å². The fourth-order valence-corrected chi connectivity index (χ4v) is 2.34. The number of aryl methyl sites for hydroxylation is 1. The van der Waals surface area contributed by atoms with E-state index in [0.717, 1.165) is 24.1 Å². The van der Waals surface area contributed by atoms with E-state index >= 15 is 0 Å². The van der Waals surface area contributed by atoms with Crippen molar-refractivity contribution in [2.45, 2.75) is 19.9 Å². The molecule has 0 spiro atoms. The lowest BCUT2D eigenvalue weighted by atomic mass is 10.1. The molecule has 0 aliphatic carbocycles. The molecule has 1 fully saturated rings. The molecule has 1 N–H and O–H groups in total. The minimum absolute atomic E-state index is 0.774. The third-order valence-corrected chi connectivity index (χ3v) is 3.06. The van der Waals surface area contributed by atoms with Crippen LogP contribution in [0.5, 0.6) is 0 Å². The number of hydrogen-bond donors (Lipinski definition) is 1. The maximum atomic E-state index is 4.43. The van der Waals surface area contributed by atoms with Gasteiger partial charge in [-0.25, -0.2) is 4.98 Å². The van der Waals surface area contributed by atoms with Crippen molar-refractivity contribution in [3.05, 3.63) is 11.9 Å². The van der Waals surface area contributed by atoms with Crippen LogP contribution in [0.4, 0.5) is 5.95 Å². The zero-order valence-corrected chi connectivity index (χ0v) is 9.82. The van der Waals surface area contributed by atoms with Gasteiger partial charge in [0.05, 0.1) is 5.69 Å². The van der Waals surface area contributed by atoms with Crippen molar-refractivity contribution in [3.63, 3.8) is 0 Å². The molecule has 0 amide bonds. The fraction of sp³-hybridized carbons (Fsp3) is 0.727. The van der Waals surface area contributed by atoms with Gasteiger partial charge in [-0.15, -0.1) is 0 Å². The Morgan fingerprint density at radius 1 is 1.60 bits per heavy atom. The van der Waals surface area contributed by atoms with Crippen LogP contribution in [0.2, 0.25) is 0 Å². The summed E-state index contributed by atoms with van der Waals surface area (Å²) in [6, 6.07) is 0. The van der Waals surface area contributed by atoms with Crippen molar-refractivity contribution in [2.75, 3.05) is 32.5 Å². The van der Waals surface area contributed by atoms with Gasteiger partial charge in [0.25, 0.3) is 0 Å². The van der Waals surface area contributed by atoms with E-state index in [1.54, 1.807) is 0 Å². The first-order valence-corrected chi connectivity index (χ1v) is 5.59. The number of nitrogens with one attached hydrogen (secondary N) is 1. The molecule has 84 valence electrons.